The monoisotopic (exact) mass is 352 g/mol. The number of carbonyl (C=O) groups excluding carboxylic acids is 1. The van der Waals surface area contributed by atoms with Crippen molar-refractivity contribution in [3.63, 3.8) is 0 Å². The molecule has 2 aromatic rings. The molecule has 8 heteroatoms. The minimum atomic E-state index is -0.506. The van der Waals surface area contributed by atoms with Gasteiger partial charge < -0.3 is 4.74 Å². The predicted octanol–water partition coefficient (Wildman–Crippen LogP) is 4.51. The van der Waals surface area contributed by atoms with Crippen molar-refractivity contribution in [1.29, 1.82) is 0 Å². The average molecular weight is 353 g/mol. The Labute approximate surface area is 143 Å². The number of rotatable bonds is 5. The lowest BCUT2D eigenvalue weighted by atomic mass is 10.2. The highest BCUT2D eigenvalue weighted by molar-refractivity contribution is 7.11. The Morgan fingerprint density at radius 1 is 1.48 bits per heavy atom. The average Bonchev–Trinajstić information content (AvgIpc) is 2.86. The molecule has 0 bridgehead atoms. The van der Waals surface area contributed by atoms with E-state index in [0.717, 1.165) is 16.9 Å². The van der Waals surface area contributed by atoms with Crippen LogP contribution in [0.4, 0.5) is 15.5 Å². The predicted molar refractivity (Wildman–Crippen MR) is 94.8 cm³/mol. The first-order valence-electron chi connectivity index (χ1n) is 6.97. The number of hydrogen-bond acceptors (Lipinski definition) is 6. The van der Waals surface area contributed by atoms with E-state index >= 15 is 0 Å². The molecule has 0 atom stereocenters. The summed E-state index contributed by atoms with van der Waals surface area (Å²) in [6, 6.07) is 7.26. The van der Waals surface area contributed by atoms with E-state index in [-0.39, 0.29) is 0 Å². The molecule has 2 N–H and O–H groups in total. The number of amides is 1. The van der Waals surface area contributed by atoms with Crippen LogP contribution in [0.1, 0.15) is 25.1 Å². The highest BCUT2D eigenvalue weighted by atomic mass is 35.5. The third-order valence-corrected chi connectivity index (χ3v) is 3.98. The Bertz CT molecular complexity index is 730. The van der Waals surface area contributed by atoms with Gasteiger partial charge in [-0.2, -0.15) is 9.47 Å². The molecular formula is C15H17ClN4O2S. The van der Waals surface area contributed by atoms with Crippen molar-refractivity contribution in [2.45, 2.75) is 20.8 Å². The first-order chi connectivity index (χ1) is 11.0. The molecule has 0 radical (unpaired) electrons. The summed E-state index contributed by atoms with van der Waals surface area (Å²) in [5, 5.41) is 8.25. The summed E-state index contributed by atoms with van der Waals surface area (Å²) in [5.74, 6) is 0. The van der Waals surface area contributed by atoms with Crippen LogP contribution in [-0.4, -0.2) is 22.8 Å². The molecule has 0 unspecified atom stereocenters. The van der Waals surface area contributed by atoms with Crippen LogP contribution in [0.25, 0.3) is 0 Å². The third-order valence-electron chi connectivity index (χ3n) is 2.89. The minimum absolute atomic E-state index is 0.308. The zero-order chi connectivity index (χ0) is 16.8. The van der Waals surface area contributed by atoms with Gasteiger partial charge in [-0.05, 0) is 50.5 Å². The number of benzene rings is 1. The second kappa shape index (κ2) is 7.94. The lowest BCUT2D eigenvalue weighted by Gasteiger charge is -2.07. The Hall–Kier alpha value is -2.12. The highest BCUT2D eigenvalue weighted by Crippen LogP contribution is 2.25. The lowest BCUT2D eigenvalue weighted by molar-refractivity contribution is 0.168. The largest absolute Gasteiger partial charge is 0.450 e. The fourth-order valence-corrected chi connectivity index (χ4v) is 2.93. The van der Waals surface area contributed by atoms with Crippen LogP contribution in [0.5, 0.6) is 0 Å². The Balaban J connectivity index is 2.18. The molecule has 0 spiro atoms. The van der Waals surface area contributed by atoms with Crippen molar-refractivity contribution in [3.8, 4) is 0 Å². The molecule has 6 nitrogen and oxygen atoms in total. The molecule has 0 aliphatic rings. The van der Waals surface area contributed by atoms with Gasteiger partial charge >= 0.3 is 6.09 Å². The quantitative estimate of drug-likeness (QED) is 0.613. The fourth-order valence-electron chi connectivity index (χ4n) is 1.90. The summed E-state index contributed by atoms with van der Waals surface area (Å²) in [6.07, 6.45) is -0.506. The first kappa shape index (κ1) is 17.2. The molecule has 1 amide bonds. The van der Waals surface area contributed by atoms with E-state index < -0.39 is 6.09 Å². The Morgan fingerprint density at radius 2 is 2.26 bits per heavy atom. The molecule has 0 fully saturated rings. The molecule has 1 heterocycles. The molecule has 122 valence electrons. The number of carbonyl (C=O) groups is 1. The number of hydrazone groups is 1. The number of halogens is 1. The SMILES string of the molecule is CCOC(=O)Nc1snc(C)c1/C(C)=N/Nc1cccc(Cl)c1. The summed E-state index contributed by atoms with van der Waals surface area (Å²) >= 11 is 7.13. The molecule has 0 saturated heterocycles. The van der Waals surface area contributed by atoms with E-state index in [1.54, 1.807) is 19.1 Å². The van der Waals surface area contributed by atoms with E-state index in [0.29, 0.717) is 22.3 Å². The molecule has 2 rings (SSSR count). The number of hydrogen-bond donors (Lipinski definition) is 2. The van der Waals surface area contributed by atoms with Crippen molar-refractivity contribution in [2.24, 2.45) is 5.10 Å². The number of ether oxygens (including phenoxy) is 1. The van der Waals surface area contributed by atoms with Crippen LogP contribution in [0, 0.1) is 6.92 Å². The van der Waals surface area contributed by atoms with Gasteiger partial charge in [-0.1, -0.05) is 17.7 Å². The van der Waals surface area contributed by atoms with E-state index in [1.165, 1.54) is 11.5 Å². The molecule has 0 saturated carbocycles. The van der Waals surface area contributed by atoms with Crippen LogP contribution in [0.2, 0.25) is 5.02 Å². The van der Waals surface area contributed by atoms with Crippen molar-refractivity contribution in [2.75, 3.05) is 17.3 Å². The van der Waals surface area contributed by atoms with Gasteiger partial charge in [0.1, 0.15) is 5.00 Å². The smallest absolute Gasteiger partial charge is 0.412 e. The molecule has 23 heavy (non-hydrogen) atoms. The number of nitrogens with one attached hydrogen (secondary N) is 2. The van der Waals surface area contributed by atoms with Gasteiger partial charge in [-0.3, -0.25) is 10.7 Å². The second-order valence-corrected chi connectivity index (χ2v) is 5.85. The standard InChI is InChI=1S/C15H17ClN4O2S/c1-4-22-15(21)17-14-13(10(3)20-23-14)9(2)18-19-12-7-5-6-11(16)8-12/h5-8,19H,4H2,1-3H3,(H,17,21)/b18-9+. The van der Waals surface area contributed by atoms with Gasteiger partial charge in [0, 0.05) is 5.02 Å². The van der Waals surface area contributed by atoms with Crippen LogP contribution >= 0.6 is 23.1 Å². The summed E-state index contributed by atoms with van der Waals surface area (Å²) in [6.45, 7) is 5.76. The summed E-state index contributed by atoms with van der Waals surface area (Å²) in [4.78, 5) is 11.6. The maximum Gasteiger partial charge on any atom is 0.412 e. The summed E-state index contributed by atoms with van der Waals surface area (Å²) in [5.41, 5.74) is 5.98. The summed E-state index contributed by atoms with van der Waals surface area (Å²) in [7, 11) is 0. The van der Waals surface area contributed by atoms with Crippen LogP contribution in [0.15, 0.2) is 29.4 Å². The number of aryl methyl sites for hydroxylation is 1. The van der Waals surface area contributed by atoms with Gasteiger partial charge in [-0.25, -0.2) is 4.79 Å². The molecule has 1 aromatic heterocycles. The Morgan fingerprint density at radius 3 is 2.96 bits per heavy atom. The maximum absolute atomic E-state index is 11.6. The van der Waals surface area contributed by atoms with Crippen molar-refractivity contribution < 1.29 is 9.53 Å². The van der Waals surface area contributed by atoms with E-state index in [9.17, 15) is 4.79 Å². The molecular weight excluding hydrogens is 336 g/mol. The van der Waals surface area contributed by atoms with Crippen molar-refractivity contribution in [1.82, 2.24) is 4.37 Å². The normalized spacial score (nSPS) is 11.2. The number of aromatic nitrogens is 1. The fraction of sp³-hybridized carbons (Fsp3) is 0.267. The van der Waals surface area contributed by atoms with E-state index in [1.807, 2.05) is 26.0 Å². The van der Waals surface area contributed by atoms with Gasteiger partial charge in [0.2, 0.25) is 0 Å². The lowest BCUT2D eigenvalue weighted by Crippen LogP contribution is -2.14. The van der Waals surface area contributed by atoms with Crippen LogP contribution < -0.4 is 10.7 Å². The highest BCUT2D eigenvalue weighted by Gasteiger charge is 2.16. The number of nitrogens with zero attached hydrogens (tertiary/aromatic N) is 2. The third kappa shape index (κ3) is 4.67. The Kier molecular flexibility index (Phi) is 5.95. The number of anilines is 2. The van der Waals surface area contributed by atoms with Crippen molar-refractivity contribution >= 4 is 45.6 Å². The molecule has 1 aromatic carbocycles. The van der Waals surface area contributed by atoms with Gasteiger partial charge in [-0.15, -0.1) is 0 Å². The second-order valence-electron chi connectivity index (χ2n) is 4.64. The van der Waals surface area contributed by atoms with E-state index in [4.69, 9.17) is 16.3 Å². The molecule has 0 aliphatic heterocycles. The van der Waals surface area contributed by atoms with Gasteiger partial charge in [0.15, 0.2) is 0 Å². The van der Waals surface area contributed by atoms with Gasteiger partial charge in [0.05, 0.1) is 29.3 Å². The van der Waals surface area contributed by atoms with Gasteiger partial charge in [0.25, 0.3) is 0 Å². The van der Waals surface area contributed by atoms with Crippen molar-refractivity contribution in [3.05, 3.63) is 40.5 Å². The minimum Gasteiger partial charge on any atom is -0.450 e. The first-order valence-corrected chi connectivity index (χ1v) is 8.12. The topological polar surface area (TPSA) is 75.6 Å². The maximum atomic E-state index is 11.6. The zero-order valence-electron chi connectivity index (χ0n) is 13.0. The summed E-state index contributed by atoms with van der Waals surface area (Å²) < 4.78 is 9.15. The molecule has 0 aliphatic carbocycles. The van der Waals surface area contributed by atoms with Crippen LogP contribution in [0.3, 0.4) is 0 Å². The zero-order valence-corrected chi connectivity index (χ0v) is 14.6. The van der Waals surface area contributed by atoms with E-state index in [2.05, 4.69) is 20.2 Å². The van der Waals surface area contributed by atoms with Crippen LogP contribution in [-0.2, 0) is 4.74 Å².